The topological polar surface area (TPSA) is 66.9 Å². The highest BCUT2D eigenvalue weighted by atomic mass is 16.5. The molecule has 2 amide bonds. The van der Waals surface area contributed by atoms with E-state index in [1.165, 1.54) is 0 Å². The van der Waals surface area contributed by atoms with Crippen LogP contribution in [0, 0.1) is 0 Å². The van der Waals surface area contributed by atoms with Crippen LogP contribution >= 0.6 is 0 Å². The van der Waals surface area contributed by atoms with Crippen LogP contribution in [0.3, 0.4) is 0 Å². The van der Waals surface area contributed by atoms with Crippen LogP contribution in [0.2, 0.25) is 0 Å². The van der Waals surface area contributed by atoms with Gasteiger partial charge in [0.05, 0.1) is 5.56 Å². The zero-order valence-electron chi connectivity index (χ0n) is 15.4. The average molecular weight is 358 g/mol. The molecule has 2 fully saturated rings. The lowest BCUT2D eigenvalue weighted by atomic mass is 9.97. The lowest BCUT2D eigenvalue weighted by Gasteiger charge is -2.38. The van der Waals surface area contributed by atoms with Crippen LogP contribution in [0.4, 0.5) is 5.69 Å². The van der Waals surface area contributed by atoms with Gasteiger partial charge in [0.25, 0.3) is 5.91 Å². The third-order valence-electron chi connectivity index (χ3n) is 5.28. The zero-order chi connectivity index (χ0) is 18.7. The second-order valence-electron chi connectivity index (χ2n) is 7.21. The molecule has 26 heavy (non-hydrogen) atoms. The Morgan fingerprint density at radius 1 is 1.15 bits per heavy atom. The molecule has 6 heteroatoms. The summed E-state index contributed by atoms with van der Waals surface area (Å²) in [6, 6.07) is 7.19. The summed E-state index contributed by atoms with van der Waals surface area (Å²) < 4.78 is 5.25. The Morgan fingerprint density at radius 3 is 2.54 bits per heavy atom. The molecule has 0 radical (unpaired) electrons. The zero-order valence-corrected chi connectivity index (χ0v) is 15.4. The van der Waals surface area contributed by atoms with Crippen LogP contribution in [0.15, 0.2) is 24.3 Å². The van der Waals surface area contributed by atoms with Crippen LogP contribution in [-0.4, -0.2) is 47.9 Å². The van der Waals surface area contributed by atoms with E-state index in [4.69, 9.17) is 4.74 Å². The number of piperidine rings is 1. The Morgan fingerprint density at radius 2 is 1.88 bits per heavy atom. The number of ether oxygens (including phenoxy) is 1. The van der Waals surface area contributed by atoms with Crippen LogP contribution in [-0.2, 0) is 14.3 Å². The number of hydrogen-bond acceptors (Lipinski definition) is 4. The molecule has 0 saturated carbocycles. The number of esters is 1. The average Bonchev–Trinajstić information content (AvgIpc) is 3.05. The monoisotopic (exact) mass is 358 g/mol. The predicted octanol–water partition coefficient (Wildman–Crippen LogP) is 2.76. The lowest BCUT2D eigenvalue weighted by Crippen LogP contribution is -2.49. The van der Waals surface area contributed by atoms with Gasteiger partial charge in [0.1, 0.15) is 0 Å². The number of nitrogens with zero attached hydrogens (tertiary/aromatic N) is 2. The summed E-state index contributed by atoms with van der Waals surface area (Å²) in [5.41, 5.74) is 1.06. The molecule has 2 saturated heterocycles. The van der Waals surface area contributed by atoms with Gasteiger partial charge in [0, 0.05) is 30.7 Å². The fraction of sp³-hybridized carbons (Fsp3) is 0.550. The number of carbonyl (C=O) groups excluding carboxylic acids is 3. The van der Waals surface area contributed by atoms with E-state index < -0.39 is 5.97 Å². The summed E-state index contributed by atoms with van der Waals surface area (Å²) in [5, 5.41) is 0. The largest absolute Gasteiger partial charge is 0.452 e. The Labute approximate surface area is 154 Å². The van der Waals surface area contributed by atoms with Crippen molar-refractivity contribution in [3.63, 3.8) is 0 Å². The third kappa shape index (κ3) is 3.89. The highest BCUT2D eigenvalue weighted by Gasteiger charge is 2.29. The Bertz CT molecular complexity index is 693. The number of hydrogen-bond donors (Lipinski definition) is 0. The molecule has 0 bridgehead atoms. The molecule has 1 aromatic rings. The minimum Gasteiger partial charge on any atom is -0.452 e. The molecule has 2 atom stereocenters. The van der Waals surface area contributed by atoms with Crippen LogP contribution in [0.5, 0.6) is 0 Å². The van der Waals surface area contributed by atoms with Gasteiger partial charge in [0.15, 0.2) is 6.61 Å². The van der Waals surface area contributed by atoms with E-state index in [1.54, 1.807) is 23.1 Å². The first kappa shape index (κ1) is 18.4. The maximum atomic E-state index is 12.5. The van der Waals surface area contributed by atoms with Crippen LogP contribution < -0.4 is 4.90 Å². The normalized spacial score (nSPS) is 23.2. The summed E-state index contributed by atoms with van der Waals surface area (Å²) in [6.07, 6.45) is 4.45. The molecule has 6 nitrogen and oxygen atoms in total. The first-order valence-electron chi connectivity index (χ1n) is 9.36. The maximum absolute atomic E-state index is 12.5. The third-order valence-corrected chi connectivity index (χ3v) is 5.28. The van der Waals surface area contributed by atoms with Gasteiger partial charge in [-0.25, -0.2) is 4.79 Å². The van der Waals surface area contributed by atoms with Crippen molar-refractivity contribution in [3.8, 4) is 0 Å². The van der Waals surface area contributed by atoms with Crippen molar-refractivity contribution in [1.82, 2.24) is 4.90 Å². The number of anilines is 1. The van der Waals surface area contributed by atoms with Crippen molar-refractivity contribution < 1.29 is 19.1 Å². The molecule has 0 unspecified atom stereocenters. The summed E-state index contributed by atoms with van der Waals surface area (Å²) in [7, 11) is 0. The number of rotatable bonds is 4. The molecular weight excluding hydrogens is 332 g/mol. The van der Waals surface area contributed by atoms with E-state index >= 15 is 0 Å². The SMILES string of the molecule is C[C@@H]1CCC[C@@H](C)N1C(=O)COC(=O)c1cccc(N2CCCC2=O)c1. The Hall–Kier alpha value is -2.37. The smallest absolute Gasteiger partial charge is 0.338 e. The highest BCUT2D eigenvalue weighted by molar-refractivity contribution is 5.97. The van der Waals surface area contributed by atoms with Gasteiger partial charge in [-0.3, -0.25) is 9.59 Å². The first-order valence-corrected chi connectivity index (χ1v) is 9.36. The fourth-order valence-corrected chi connectivity index (χ4v) is 3.92. The fourth-order valence-electron chi connectivity index (χ4n) is 3.92. The number of amides is 2. The number of benzene rings is 1. The van der Waals surface area contributed by atoms with Crippen molar-refractivity contribution in [3.05, 3.63) is 29.8 Å². The van der Waals surface area contributed by atoms with Crippen molar-refractivity contribution in [2.24, 2.45) is 0 Å². The second kappa shape index (κ2) is 7.89. The van der Waals surface area contributed by atoms with Gasteiger partial charge in [-0.2, -0.15) is 0 Å². The van der Waals surface area contributed by atoms with Gasteiger partial charge < -0.3 is 14.5 Å². The van der Waals surface area contributed by atoms with Crippen molar-refractivity contribution in [2.45, 2.75) is 58.0 Å². The molecule has 3 rings (SSSR count). The maximum Gasteiger partial charge on any atom is 0.338 e. The quantitative estimate of drug-likeness (QED) is 0.776. The standard InChI is InChI=1S/C20H26N2O4/c1-14-6-3-7-15(2)22(14)19(24)13-26-20(25)16-8-4-9-17(12-16)21-11-5-10-18(21)23/h4,8-9,12,14-15H,3,5-7,10-11,13H2,1-2H3/t14-,15-/m1/s1. The van der Waals surface area contributed by atoms with Crippen LogP contribution in [0.25, 0.3) is 0 Å². The van der Waals surface area contributed by atoms with E-state index in [2.05, 4.69) is 0 Å². The summed E-state index contributed by atoms with van der Waals surface area (Å²) in [5.74, 6) is -0.619. The van der Waals surface area contributed by atoms with E-state index in [9.17, 15) is 14.4 Å². The highest BCUT2D eigenvalue weighted by Crippen LogP contribution is 2.24. The number of carbonyl (C=O) groups is 3. The molecular formula is C20H26N2O4. The molecule has 140 valence electrons. The Kier molecular flexibility index (Phi) is 5.59. The van der Waals surface area contributed by atoms with E-state index in [1.807, 2.05) is 24.8 Å². The molecule has 2 heterocycles. The minimum atomic E-state index is -0.538. The first-order chi connectivity index (χ1) is 12.5. The van der Waals surface area contributed by atoms with Crippen molar-refractivity contribution in [2.75, 3.05) is 18.1 Å². The van der Waals surface area contributed by atoms with Gasteiger partial charge in [-0.15, -0.1) is 0 Å². The summed E-state index contributed by atoms with van der Waals surface area (Å²) in [4.78, 5) is 40.2. The van der Waals surface area contributed by atoms with E-state index in [0.717, 1.165) is 25.7 Å². The second-order valence-corrected chi connectivity index (χ2v) is 7.21. The van der Waals surface area contributed by atoms with Gasteiger partial charge in [-0.1, -0.05) is 6.07 Å². The van der Waals surface area contributed by atoms with Crippen molar-refractivity contribution >= 4 is 23.5 Å². The van der Waals surface area contributed by atoms with Gasteiger partial charge in [0.2, 0.25) is 5.91 Å². The van der Waals surface area contributed by atoms with Gasteiger partial charge >= 0.3 is 5.97 Å². The van der Waals surface area contributed by atoms with Gasteiger partial charge in [-0.05, 0) is 57.7 Å². The van der Waals surface area contributed by atoms with Crippen LogP contribution in [0.1, 0.15) is 56.3 Å². The molecule has 2 aliphatic rings. The van der Waals surface area contributed by atoms with Crippen molar-refractivity contribution in [1.29, 1.82) is 0 Å². The molecule has 0 N–H and O–H groups in total. The van der Waals surface area contributed by atoms with E-state index in [-0.39, 0.29) is 30.5 Å². The Balaban J connectivity index is 1.61. The molecule has 2 aliphatic heterocycles. The lowest BCUT2D eigenvalue weighted by molar-refractivity contribution is -0.140. The van der Waals surface area contributed by atoms with E-state index in [0.29, 0.717) is 24.2 Å². The number of likely N-dealkylation sites (tertiary alicyclic amines) is 1. The molecule has 0 spiro atoms. The predicted molar refractivity (Wildman–Crippen MR) is 97.9 cm³/mol. The summed E-state index contributed by atoms with van der Waals surface area (Å²) in [6.45, 7) is 4.48. The molecule has 0 aromatic heterocycles. The molecule has 0 aliphatic carbocycles. The summed E-state index contributed by atoms with van der Waals surface area (Å²) >= 11 is 0. The molecule has 1 aromatic carbocycles. The minimum absolute atomic E-state index is 0.0683.